The summed E-state index contributed by atoms with van der Waals surface area (Å²) in [6.07, 6.45) is 0. The molecule has 2 aromatic rings. The molecular weight excluding hydrogens is 368 g/mol. The molecule has 0 heterocycles. The van der Waals surface area contributed by atoms with Gasteiger partial charge in [0.15, 0.2) is 0 Å². The Bertz CT molecular complexity index is 787. The predicted molar refractivity (Wildman–Crippen MR) is 124 cm³/mol. The number of phenols is 1. The molecule has 0 unspecified atom stereocenters. The quantitative estimate of drug-likeness (QED) is 0.545. The minimum atomic E-state index is -0.157. The molecule has 0 amide bonds. The second kappa shape index (κ2) is 7.60. The maximum Gasteiger partial charge on any atom is 0.123 e. The van der Waals surface area contributed by atoms with Crippen molar-refractivity contribution >= 4 is 28.2 Å². The highest BCUT2D eigenvalue weighted by Gasteiger charge is 2.29. The molecule has 1 nitrogen and oxygen atoms in total. The van der Waals surface area contributed by atoms with Gasteiger partial charge in [0.1, 0.15) is 5.75 Å². The lowest BCUT2D eigenvalue weighted by Gasteiger charge is -2.29. The van der Waals surface area contributed by atoms with Crippen LogP contribution in [-0.4, -0.2) is 9.30 Å². The minimum absolute atomic E-state index is 0.125. The third-order valence-electron chi connectivity index (χ3n) is 4.78. The Morgan fingerprint density at radius 2 is 1.26 bits per heavy atom. The van der Waals surface area contributed by atoms with Crippen LogP contribution in [0, 0.1) is 0 Å². The summed E-state index contributed by atoms with van der Waals surface area (Å²) in [5.74, 6) is 0.397. The lowest BCUT2D eigenvalue weighted by atomic mass is 9.78. The van der Waals surface area contributed by atoms with Crippen molar-refractivity contribution < 1.29 is 5.11 Å². The van der Waals surface area contributed by atoms with E-state index >= 15 is 0 Å². The van der Waals surface area contributed by atoms with Crippen LogP contribution in [0.3, 0.4) is 0 Å². The van der Waals surface area contributed by atoms with E-state index in [2.05, 4.69) is 91.8 Å². The summed E-state index contributed by atoms with van der Waals surface area (Å²) in [5, 5.41) is 10.9. The molecule has 2 rings (SSSR count). The summed E-state index contributed by atoms with van der Waals surface area (Å²) in [4.78, 5) is 0. The van der Waals surface area contributed by atoms with Gasteiger partial charge in [-0.3, -0.25) is 0 Å². The normalized spacial score (nSPS) is 12.9. The molecule has 3 heteroatoms. The molecular formula is C24H32OS2. The summed E-state index contributed by atoms with van der Waals surface area (Å²) in [6.45, 7) is 17.2. The summed E-state index contributed by atoms with van der Waals surface area (Å²) < 4.78 is 0.736. The van der Waals surface area contributed by atoms with Crippen LogP contribution in [0.4, 0.5) is 0 Å². The lowest BCUT2D eigenvalue weighted by molar-refractivity contribution is 0.423. The van der Waals surface area contributed by atoms with Gasteiger partial charge in [0.2, 0.25) is 0 Å². The van der Waals surface area contributed by atoms with E-state index in [-0.39, 0.29) is 15.6 Å². The Hall–Kier alpha value is -1.32. The highest BCUT2D eigenvalue weighted by molar-refractivity contribution is 8.24. The molecule has 0 bridgehead atoms. The molecule has 0 aliphatic rings. The van der Waals surface area contributed by atoms with Crippen molar-refractivity contribution in [3.05, 3.63) is 64.7 Å². The minimum Gasteiger partial charge on any atom is -0.507 e. The number of hydrogen-bond donors (Lipinski definition) is 1. The van der Waals surface area contributed by atoms with Crippen molar-refractivity contribution in [1.29, 1.82) is 0 Å². The average Bonchev–Trinajstić information content (AvgIpc) is 2.53. The van der Waals surface area contributed by atoms with E-state index in [0.717, 1.165) is 20.9 Å². The first-order valence-electron chi connectivity index (χ1n) is 9.40. The number of aromatic hydroxyl groups is 1. The Labute approximate surface area is 174 Å². The average molecular weight is 401 g/mol. The Morgan fingerprint density at radius 1 is 0.815 bits per heavy atom. The molecule has 0 aromatic heterocycles. The molecule has 0 atom stereocenters. The number of phenolic OH excluding ortho intramolecular Hbond substituents is 1. The van der Waals surface area contributed by atoms with E-state index in [0.29, 0.717) is 5.75 Å². The van der Waals surface area contributed by atoms with Crippen LogP contribution in [0.25, 0.3) is 0 Å². The van der Waals surface area contributed by atoms with Crippen molar-refractivity contribution in [2.75, 3.05) is 0 Å². The Balaban J connectivity index is 2.50. The van der Waals surface area contributed by atoms with Crippen LogP contribution in [0.2, 0.25) is 0 Å². The first-order chi connectivity index (χ1) is 12.2. The largest absolute Gasteiger partial charge is 0.507 e. The van der Waals surface area contributed by atoms with Crippen LogP contribution in [0.15, 0.2) is 42.5 Å². The second-order valence-electron chi connectivity index (χ2n) is 9.69. The molecule has 0 fully saturated rings. The third-order valence-corrected chi connectivity index (χ3v) is 6.43. The van der Waals surface area contributed by atoms with Crippen LogP contribution in [0.5, 0.6) is 5.75 Å². The first kappa shape index (κ1) is 22.0. The van der Waals surface area contributed by atoms with E-state index in [1.165, 1.54) is 5.56 Å². The summed E-state index contributed by atoms with van der Waals surface area (Å²) >= 11 is 7.56. The summed E-state index contributed by atoms with van der Waals surface area (Å²) in [5.41, 5.74) is 3.86. The molecule has 1 N–H and O–H groups in total. The van der Waals surface area contributed by atoms with Crippen molar-refractivity contribution in [3.63, 3.8) is 0 Å². The SMILES string of the molecule is CC(C)(C)c1cc(C(=S)SC(C)(C)c2ccccc2)cc(C(C)(C)C)c1O. The van der Waals surface area contributed by atoms with Crippen molar-refractivity contribution in [2.24, 2.45) is 0 Å². The van der Waals surface area contributed by atoms with Gasteiger partial charge >= 0.3 is 0 Å². The molecule has 27 heavy (non-hydrogen) atoms. The van der Waals surface area contributed by atoms with Crippen molar-refractivity contribution in [3.8, 4) is 5.75 Å². The van der Waals surface area contributed by atoms with Gasteiger partial charge in [-0.2, -0.15) is 0 Å². The highest BCUT2D eigenvalue weighted by Crippen LogP contribution is 2.43. The van der Waals surface area contributed by atoms with Crippen molar-refractivity contribution in [2.45, 2.75) is 71.0 Å². The van der Waals surface area contributed by atoms with Gasteiger partial charge in [-0.25, -0.2) is 0 Å². The summed E-state index contributed by atoms with van der Waals surface area (Å²) in [6, 6.07) is 14.6. The number of rotatable bonds is 3. The van der Waals surface area contributed by atoms with E-state index in [9.17, 15) is 5.11 Å². The fourth-order valence-electron chi connectivity index (χ4n) is 3.08. The van der Waals surface area contributed by atoms with Gasteiger partial charge in [-0.15, -0.1) is 11.8 Å². The molecule has 0 radical (unpaired) electrons. The maximum atomic E-state index is 10.9. The van der Waals surface area contributed by atoms with E-state index in [4.69, 9.17) is 12.2 Å². The second-order valence-corrected chi connectivity index (χ2v) is 12.0. The van der Waals surface area contributed by atoms with Gasteiger partial charge in [0.25, 0.3) is 0 Å². The molecule has 0 saturated carbocycles. The van der Waals surface area contributed by atoms with E-state index in [1.807, 2.05) is 6.07 Å². The van der Waals surface area contributed by atoms with Gasteiger partial charge in [0, 0.05) is 15.9 Å². The van der Waals surface area contributed by atoms with Gasteiger partial charge < -0.3 is 5.11 Å². The van der Waals surface area contributed by atoms with Gasteiger partial charge in [0.05, 0.1) is 4.20 Å². The zero-order valence-electron chi connectivity index (χ0n) is 17.8. The van der Waals surface area contributed by atoms with Gasteiger partial charge in [-0.05, 0) is 47.9 Å². The van der Waals surface area contributed by atoms with Crippen LogP contribution < -0.4 is 0 Å². The molecule has 0 aliphatic heterocycles. The van der Waals surface area contributed by atoms with Gasteiger partial charge in [-0.1, -0.05) is 84.1 Å². The number of thiocarbonyl (C=S) groups is 1. The monoisotopic (exact) mass is 400 g/mol. The molecule has 2 aromatic carbocycles. The lowest BCUT2D eigenvalue weighted by Crippen LogP contribution is -2.19. The standard InChI is InChI=1S/C24H32OS2/c1-22(2,3)18-14-16(15-19(20(18)25)23(4,5)6)21(26)27-24(7,8)17-12-10-9-11-13-17/h9-15,25H,1-8H3. The summed E-state index contributed by atoms with van der Waals surface area (Å²) in [7, 11) is 0. The zero-order valence-corrected chi connectivity index (χ0v) is 19.4. The zero-order chi connectivity index (χ0) is 20.6. The first-order valence-corrected chi connectivity index (χ1v) is 10.6. The molecule has 146 valence electrons. The van der Waals surface area contributed by atoms with Crippen LogP contribution >= 0.6 is 24.0 Å². The van der Waals surface area contributed by atoms with Crippen LogP contribution in [-0.2, 0) is 15.6 Å². The molecule has 0 saturated heterocycles. The Kier molecular flexibility index (Phi) is 6.18. The maximum absolute atomic E-state index is 10.9. The number of hydrogen-bond acceptors (Lipinski definition) is 3. The smallest absolute Gasteiger partial charge is 0.123 e. The predicted octanol–water partition coefficient (Wildman–Crippen LogP) is 7.33. The molecule has 0 spiro atoms. The third kappa shape index (κ3) is 5.14. The Morgan fingerprint density at radius 3 is 1.67 bits per heavy atom. The molecule has 0 aliphatic carbocycles. The van der Waals surface area contributed by atoms with E-state index < -0.39 is 0 Å². The fourth-order valence-corrected chi connectivity index (χ4v) is 4.78. The number of benzene rings is 2. The van der Waals surface area contributed by atoms with Crippen LogP contribution in [0.1, 0.15) is 77.6 Å². The fraction of sp³-hybridized carbons (Fsp3) is 0.458. The topological polar surface area (TPSA) is 20.2 Å². The van der Waals surface area contributed by atoms with Crippen molar-refractivity contribution in [1.82, 2.24) is 0 Å². The van der Waals surface area contributed by atoms with E-state index in [1.54, 1.807) is 11.8 Å². The number of thioether (sulfide) groups is 1. The highest BCUT2D eigenvalue weighted by atomic mass is 32.2.